The van der Waals surface area contributed by atoms with Gasteiger partial charge in [-0.2, -0.15) is 0 Å². The van der Waals surface area contributed by atoms with E-state index in [-0.39, 0.29) is 17.7 Å². The van der Waals surface area contributed by atoms with E-state index in [1.807, 2.05) is 13.8 Å². The van der Waals surface area contributed by atoms with E-state index in [1.165, 1.54) is 0 Å². The van der Waals surface area contributed by atoms with E-state index in [2.05, 4.69) is 10.3 Å². The summed E-state index contributed by atoms with van der Waals surface area (Å²) >= 11 is 0. The summed E-state index contributed by atoms with van der Waals surface area (Å²) in [4.78, 5) is 3.97. The van der Waals surface area contributed by atoms with Crippen molar-refractivity contribution < 1.29 is 8.78 Å². The molecule has 0 amide bonds. The van der Waals surface area contributed by atoms with Gasteiger partial charge in [0, 0.05) is 17.8 Å². The van der Waals surface area contributed by atoms with Gasteiger partial charge in [0.1, 0.15) is 11.6 Å². The number of rotatable bonds is 2. The van der Waals surface area contributed by atoms with Gasteiger partial charge in [0.2, 0.25) is 0 Å². The molecule has 1 aromatic rings. The molecule has 82 valence electrons. The molecule has 5 heteroatoms. The molecule has 1 aromatic carbocycles. The van der Waals surface area contributed by atoms with Gasteiger partial charge >= 0.3 is 0 Å². The third kappa shape index (κ3) is 3.93. The van der Waals surface area contributed by atoms with Gasteiger partial charge in [-0.25, -0.2) is 8.78 Å². The molecule has 0 saturated carbocycles. The quantitative estimate of drug-likeness (QED) is 0.584. The molecule has 0 heterocycles. The predicted molar refractivity (Wildman–Crippen MR) is 56.7 cm³/mol. The fourth-order valence-corrected chi connectivity index (χ4v) is 1.08. The Morgan fingerprint density at radius 3 is 2.27 bits per heavy atom. The molecule has 0 aliphatic rings. The van der Waals surface area contributed by atoms with E-state index in [1.54, 1.807) is 0 Å². The van der Waals surface area contributed by atoms with E-state index in [9.17, 15) is 8.78 Å². The molecule has 0 saturated heterocycles. The van der Waals surface area contributed by atoms with Gasteiger partial charge in [0.25, 0.3) is 0 Å². The highest BCUT2D eigenvalue weighted by atomic mass is 19.1. The van der Waals surface area contributed by atoms with Crippen molar-refractivity contribution in [2.75, 3.05) is 5.32 Å². The maximum atomic E-state index is 12.8. The second-order valence-electron chi connectivity index (χ2n) is 3.39. The number of anilines is 1. The minimum absolute atomic E-state index is 0.0240. The molecule has 1 rings (SSSR count). The van der Waals surface area contributed by atoms with Gasteiger partial charge in [-0.3, -0.25) is 4.99 Å². The van der Waals surface area contributed by atoms with Crippen LogP contribution >= 0.6 is 0 Å². The lowest BCUT2D eigenvalue weighted by Gasteiger charge is -2.07. The molecule has 15 heavy (non-hydrogen) atoms. The molecule has 0 aliphatic carbocycles. The SMILES string of the molecule is CC(C)N=C(N)Nc1cc(F)cc(F)c1. The first-order valence-electron chi connectivity index (χ1n) is 4.54. The molecule has 0 aliphatic heterocycles. The van der Waals surface area contributed by atoms with Crippen LogP contribution in [0, 0.1) is 11.6 Å². The van der Waals surface area contributed by atoms with E-state index in [4.69, 9.17) is 5.73 Å². The van der Waals surface area contributed by atoms with E-state index in [0.29, 0.717) is 0 Å². The average molecular weight is 213 g/mol. The lowest BCUT2D eigenvalue weighted by Crippen LogP contribution is -2.24. The maximum absolute atomic E-state index is 12.8. The lowest BCUT2D eigenvalue weighted by atomic mass is 10.3. The monoisotopic (exact) mass is 213 g/mol. The zero-order valence-electron chi connectivity index (χ0n) is 8.59. The van der Waals surface area contributed by atoms with E-state index in [0.717, 1.165) is 18.2 Å². The van der Waals surface area contributed by atoms with E-state index >= 15 is 0 Å². The number of guanidine groups is 1. The summed E-state index contributed by atoms with van der Waals surface area (Å²) in [5.74, 6) is -1.18. The lowest BCUT2D eigenvalue weighted by molar-refractivity contribution is 0.584. The first kappa shape index (κ1) is 11.4. The van der Waals surface area contributed by atoms with Gasteiger partial charge in [0.15, 0.2) is 5.96 Å². The van der Waals surface area contributed by atoms with Crippen molar-refractivity contribution in [1.29, 1.82) is 0 Å². The number of halogens is 2. The fourth-order valence-electron chi connectivity index (χ4n) is 1.08. The molecule has 0 bridgehead atoms. The Hall–Kier alpha value is -1.65. The summed E-state index contributed by atoms with van der Waals surface area (Å²) in [6.07, 6.45) is 0. The van der Waals surface area contributed by atoms with Crippen molar-refractivity contribution in [2.45, 2.75) is 19.9 Å². The summed E-state index contributed by atoms with van der Waals surface area (Å²) in [5.41, 5.74) is 5.75. The van der Waals surface area contributed by atoms with Crippen LogP contribution in [0.4, 0.5) is 14.5 Å². The third-order valence-electron chi connectivity index (χ3n) is 1.53. The predicted octanol–water partition coefficient (Wildman–Crippen LogP) is 2.10. The number of benzene rings is 1. The van der Waals surface area contributed by atoms with Crippen molar-refractivity contribution in [3.05, 3.63) is 29.8 Å². The van der Waals surface area contributed by atoms with Crippen LogP contribution < -0.4 is 11.1 Å². The molecular weight excluding hydrogens is 200 g/mol. The molecule has 0 atom stereocenters. The van der Waals surface area contributed by atoms with Crippen LogP contribution in [0.2, 0.25) is 0 Å². The molecule has 0 spiro atoms. The van der Waals surface area contributed by atoms with Gasteiger partial charge in [-0.15, -0.1) is 0 Å². The molecule has 0 aromatic heterocycles. The number of aliphatic imine (C=N–C) groups is 1. The van der Waals surface area contributed by atoms with Gasteiger partial charge in [0.05, 0.1) is 0 Å². The molecular formula is C10H13F2N3. The minimum Gasteiger partial charge on any atom is -0.370 e. The highest BCUT2D eigenvalue weighted by molar-refractivity contribution is 5.92. The Bertz CT molecular complexity index is 355. The fraction of sp³-hybridized carbons (Fsp3) is 0.300. The van der Waals surface area contributed by atoms with Crippen LogP contribution in [0.15, 0.2) is 23.2 Å². The Morgan fingerprint density at radius 1 is 1.27 bits per heavy atom. The molecule has 0 fully saturated rings. The number of hydrogen-bond acceptors (Lipinski definition) is 1. The standard InChI is InChI=1S/C10H13F2N3/c1-6(2)14-10(13)15-9-4-7(11)3-8(12)5-9/h3-6H,1-2H3,(H3,13,14,15). The van der Waals surface area contributed by atoms with Crippen molar-refractivity contribution in [3.63, 3.8) is 0 Å². The second kappa shape index (κ2) is 4.72. The number of nitrogens with one attached hydrogen (secondary N) is 1. The second-order valence-corrected chi connectivity index (χ2v) is 3.39. The highest BCUT2D eigenvalue weighted by Gasteiger charge is 2.01. The van der Waals surface area contributed by atoms with Crippen molar-refractivity contribution in [3.8, 4) is 0 Å². The van der Waals surface area contributed by atoms with Crippen molar-refractivity contribution in [1.82, 2.24) is 0 Å². The summed E-state index contributed by atoms with van der Waals surface area (Å²) < 4.78 is 25.6. The summed E-state index contributed by atoms with van der Waals surface area (Å²) in [6, 6.07) is 3.11. The summed E-state index contributed by atoms with van der Waals surface area (Å²) in [5, 5.41) is 2.60. The molecule has 0 unspecified atom stereocenters. The Kier molecular flexibility index (Phi) is 3.60. The molecule has 3 N–H and O–H groups in total. The minimum atomic E-state index is -0.658. The van der Waals surface area contributed by atoms with E-state index < -0.39 is 11.6 Å². The Morgan fingerprint density at radius 2 is 1.80 bits per heavy atom. The number of nitrogens with two attached hydrogens (primary N) is 1. The first-order chi connectivity index (χ1) is 6.97. The van der Waals surface area contributed by atoms with Crippen LogP contribution in [0.1, 0.15) is 13.8 Å². The smallest absolute Gasteiger partial charge is 0.193 e. The van der Waals surface area contributed by atoms with Crippen molar-refractivity contribution >= 4 is 11.6 Å². The van der Waals surface area contributed by atoms with Crippen LogP contribution in [0.5, 0.6) is 0 Å². The zero-order valence-corrected chi connectivity index (χ0v) is 8.59. The third-order valence-corrected chi connectivity index (χ3v) is 1.53. The normalized spacial score (nSPS) is 11.9. The topological polar surface area (TPSA) is 50.4 Å². The Labute approximate surface area is 87.0 Å². The van der Waals surface area contributed by atoms with Gasteiger partial charge < -0.3 is 11.1 Å². The van der Waals surface area contributed by atoms with Gasteiger partial charge in [-0.05, 0) is 26.0 Å². The van der Waals surface area contributed by atoms with Crippen LogP contribution in [0.25, 0.3) is 0 Å². The molecule has 0 radical (unpaired) electrons. The number of nitrogens with zero attached hydrogens (tertiary/aromatic N) is 1. The maximum Gasteiger partial charge on any atom is 0.193 e. The molecule has 3 nitrogen and oxygen atoms in total. The summed E-state index contributed by atoms with van der Waals surface area (Å²) in [6.45, 7) is 3.70. The largest absolute Gasteiger partial charge is 0.370 e. The highest BCUT2D eigenvalue weighted by Crippen LogP contribution is 2.12. The van der Waals surface area contributed by atoms with Crippen molar-refractivity contribution in [2.24, 2.45) is 10.7 Å². The van der Waals surface area contributed by atoms with Crippen LogP contribution in [-0.4, -0.2) is 12.0 Å². The Balaban J connectivity index is 2.81. The van der Waals surface area contributed by atoms with Gasteiger partial charge in [-0.1, -0.05) is 0 Å². The summed E-state index contributed by atoms with van der Waals surface area (Å²) in [7, 11) is 0. The first-order valence-corrected chi connectivity index (χ1v) is 4.54. The van der Waals surface area contributed by atoms with Crippen LogP contribution in [0.3, 0.4) is 0 Å². The average Bonchev–Trinajstić information content (AvgIpc) is 1.98. The zero-order chi connectivity index (χ0) is 11.4. The number of hydrogen-bond donors (Lipinski definition) is 2. The van der Waals surface area contributed by atoms with Crippen LogP contribution in [-0.2, 0) is 0 Å².